The van der Waals surface area contributed by atoms with Gasteiger partial charge in [-0.25, -0.2) is 0 Å². The number of rotatable bonds is 5. The summed E-state index contributed by atoms with van der Waals surface area (Å²) in [6.45, 7) is 4.24. The van der Waals surface area contributed by atoms with E-state index < -0.39 is 90.0 Å². The highest BCUT2D eigenvalue weighted by molar-refractivity contribution is 6.22. The lowest BCUT2D eigenvalue weighted by Crippen LogP contribution is -2.16. The molecule has 1 aliphatic rings. The molecule has 0 radical (unpaired) electrons. The Kier molecular flexibility index (Phi) is 4.51. The lowest BCUT2D eigenvalue weighted by Gasteiger charge is -2.29. The number of nitrogens with zero attached hydrogens (tertiary/aromatic N) is 2. The Morgan fingerprint density at radius 2 is 1.21 bits per heavy atom. The first-order valence-corrected chi connectivity index (χ1v) is 18.9. The Balaban J connectivity index is 1.29. The van der Waals surface area contributed by atoms with Crippen molar-refractivity contribution < 1.29 is 25.0 Å². The molecule has 3 nitrogen and oxygen atoms in total. The van der Waals surface area contributed by atoms with Crippen LogP contribution in [0, 0.1) is 0 Å². The lowest BCUT2D eigenvalue weighted by molar-refractivity contribution is 0.660. The zero-order valence-corrected chi connectivity index (χ0v) is 31.1. The molecule has 2 heterocycles. The third-order valence-electron chi connectivity index (χ3n) is 11.5. The van der Waals surface area contributed by atoms with Crippen LogP contribution in [0.3, 0.4) is 0 Å². The van der Waals surface area contributed by atoms with E-state index in [1.807, 2.05) is 84.9 Å². The first-order valence-electron chi connectivity index (χ1n) is 26.4. The van der Waals surface area contributed by atoms with Gasteiger partial charge in [0, 0.05) is 43.7 Å². The quantitative estimate of drug-likeness (QED) is 0.174. The Morgan fingerprint density at radius 1 is 0.534 bits per heavy atom. The predicted octanol–water partition coefficient (Wildman–Crippen LogP) is 15.3. The molecule has 58 heavy (non-hydrogen) atoms. The third kappa shape index (κ3) is 4.68. The van der Waals surface area contributed by atoms with Crippen LogP contribution >= 0.6 is 0 Å². The molecule has 0 unspecified atom stereocenters. The van der Waals surface area contributed by atoms with Crippen molar-refractivity contribution in [3.8, 4) is 27.9 Å². The Labute approximate surface area is 357 Å². The van der Waals surface area contributed by atoms with E-state index >= 15 is 0 Å². The van der Waals surface area contributed by atoms with Gasteiger partial charge in [0.15, 0.2) is 0 Å². The van der Waals surface area contributed by atoms with Gasteiger partial charge in [0.05, 0.1) is 48.4 Å². The summed E-state index contributed by atoms with van der Waals surface area (Å²) in [5.41, 5.74) is 4.91. The average molecular weight is 758 g/mol. The molecule has 0 saturated carbocycles. The zero-order valence-electron chi connectivity index (χ0n) is 46.1. The summed E-state index contributed by atoms with van der Waals surface area (Å²) in [6.07, 6.45) is 0. The summed E-state index contributed by atoms with van der Waals surface area (Å²) in [5.74, 6) is 0. The molecular weight excluding hydrogens is 705 g/mol. The number of benzene rings is 9. The second-order valence-corrected chi connectivity index (χ2v) is 15.0. The largest absolute Gasteiger partial charge is 0.455 e. The average Bonchev–Trinajstić information content (AvgIpc) is 4.03. The maximum Gasteiger partial charge on any atom is 0.143 e. The normalized spacial score (nSPS) is 16.8. The number of hydrogen-bond donors (Lipinski definition) is 0. The molecule has 3 heteroatoms. The highest BCUT2D eigenvalue weighted by Crippen LogP contribution is 2.52. The fraction of sp³-hybridized carbons (Fsp3) is 0.0545. The van der Waals surface area contributed by atoms with Crippen LogP contribution in [0.2, 0.25) is 0 Å². The molecule has 0 N–H and O–H groups in total. The number of furan rings is 1. The highest BCUT2D eigenvalue weighted by atomic mass is 16.3. The van der Waals surface area contributed by atoms with Gasteiger partial charge in [-0.15, -0.1) is 0 Å². The van der Waals surface area contributed by atoms with E-state index in [0.717, 1.165) is 37.9 Å². The molecule has 0 atom stereocenters. The SMILES string of the molecule is [2H]c1cc2c3c([2H])c([2H])c([2H])c([2H])c3n(-c3c([2H])c([2H])c([2H])c4oc5c6c([2H])c([2H])c([2H])c([2H])c6c(N(c6ccc(-c7ccccc7)cc6)c6ccc7c(c6)C(C)(C)c6ccccc6-7)c([2H])c5c34)c2c([2H])c1[2H]. The lowest BCUT2D eigenvalue weighted by atomic mass is 9.82. The van der Waals surface area contributed by atoms with Gasteiger partial charge in [-0.3, -0.25) is 0 Å². The molecule has 1 aliphatic carbocycles. The van der Waals surface area contributed by atoms with E-state index in [-0.39, 0.29) is 71.9 Å². The Morgan fingerprint density at radius 3 is 2.05 bits per heavy atom. The molecule has 12 rings (SSSR count). The maximum absolute atomic E-state index is 10.6. The van der Waals surface area contributed by atoms with Gasteiger partial charge in [0.25, 0.3) is 0 Å². The first kappa shape index (κ1) is 21.2. The van der Waals surface area contributed by atoms with Crippen molar-refractivity contribution in [2.75, 3.05) is 4.90 Å². The molecule has 0 spiro atoms. The number of para-hydroxylation sites is 2. The van der Waals surface area contributed by atoms with E-state index in [1.165, 1.54) is 6.07 Å². The fourth-order valence-corrected chi connectivity index (χ4v) is 8.81. The summed E-state index contributed by atoms with van der Waals surface area (Å²) < 4.78 is 146. The van der Waals surface area contributed by atoms with Crippen molar-refractivity contribution in [3.63, 3.8) is 0 Å². The monoisotopic (exact) mass is 757 g/mol. The van der Waals surface area contributed by atoms with Gasteiger partial charge in [-0.05, 0) is 87.9 Å². The Hall–Kier alpha value is -7.36. The minimum absolute atomic E-state index is 0.0204. The Bertz CT molecular complexity index is 4300. The first-order chi connectivity index (χ1) is 34.8. The molecular formula is C55H38N2O. The molecule has 0 amide bonds. The minimum atomic E-state index is -0.702. The van der Waals surface area contributed by atoms with Crippen LogP contribution in [0.5, 0.6) is 0 Å². The van der Waals surface area contributed by atoms with Crippen LogP contribution < -0.4 is 4.90 Å². The van der Waals surface area contributed by atoms with E-state index in [1.54, 1.807) is 4.90 Å². The standard InChI is InChI=1S/C55H38N2O/c1-55(2)46-22-11-8-17-39(46)40-32-31-38(33-47(40)55)56(37-29-27-36(28-30-37)35-15-4-3-5-16-35)51-34-45-53-50(25-14-26-52(53)58-54(45)44-21-7-6-20-43(44)51)57-48-23-12-9-18-41(48)42-19-10-13-24-49(42)57/h3-34H,1-2H3/i6D,7D,9D,10D,12D,13D,14D,18D,20D,21D,23D,24D,25D,26D,34D. The summed E-state index contributed by atoms with van der Waals surface area (Å²) in [4.78, 5) is 1.75. The van der Waals surface area contributed by atoms with Gasteiger partial charge in [0.2, 0.25) is 0 Å². The van der Waals surface area contributed by atoms with E-state index in [0.29, 0.717) is 11.4 Å². The van der Waals surface area contributed by atoms with Crippen LogP contribution in [-0.2, 0) is 5.41 Å². The van der Waals surface area contributed by atoms with Crippen molar-refractivity contribution in [2.24, 2.45) is 0 Å². The molecule has 2 aromatic heterocycles. The smallest absolute Gasteiger partial charge is 0.143 e. The van der Waals surface area contributed by atoms with Crippen LogP contribution in [0.25, 0.3) is 82.5 Å². The van der Waals surface area contributed by atoms with Gasteiger partial charge < -0.3 is 13.9 Å². The van der Waals surface area contributed by atoms with Crippen molar-refractivity contribution >= 4 is 71.6 Å². The van der Waals surface area contributed by atoms with Crippen LogP contribution in [0.15, 0.2) is 198 Å². The van der Waals surface area contributed by atoms with Gasteiger partial charge in [-0.1, -0.05) is 153 Å². The number of anilines is 3. The minimum Gasteiger partial charge on any atom is -0.455 e. The van der Waals surface area contributed by atoms with Crippen molar-refractivity contribution in [3.05, 3.63) is 205 Å². The van der Waals surface area contributed by atoms with Crippen molar-refractivity contribution in [2.45, 2.75) is 19.3 Å². The van der Waals surface area contributed by atoms with E-state index in [4.69, 9.17) is 14.0 Å². The van der Waals surface area contributed by atoms with E-state index in [9.17, 15) is 11.0 Å². The molecule has 11 aromatic rings. The number of fused-ring (bicyclic) bond motifs is 11. The number of aromatic nitrogens is 1. The third-order valence-corrected chi connectivity index (χ3v) is 11.5. The molecule has 0 bridgehead atoms. The summed E-state index contributed by atoms with van der Waals surface area (Å²) in [7, 11) is 0. The molecule has 274 valence electrons. The summed E-state index contributed by atoms with van der Waals surface area (Å²) in [5, 5.41) is -0.798. The summed E-state index contributed by atoms with van der Waals surface area (Å²) >= 11 is 0. The molecule has 0 fully saturated rings. The van der Waals surface area contributed by atoms with E-state index in [2.05, 4.69) is 26.0 Å². The maximum atomic E-state index is 10.6. The molecule has 0 saturated heterocycles. The topological polar surface area (TPSA) is 21.3 Å². The van der Waals surface area contributed by atoms with Crippen LogP contribution in [0.1, 0.15) is 45.5 Å². The van der Waals surface area contributed by atoms with Gasteiger partial charge >= 0.3 is 0 Å². The second kappa shape index (κ2) is 12.3. The van der Waals surface area contributed by atoms with Gasteiger partial charge in [0.1, 0.15) is 11.2 Å². The summed E-state index contributed by atoms with van der Waals surface area (Å²) in [6, 6.07) is 23.9. The number of hydrogen-bond acceptors (Lipinski definition) is 2. The zero-order chi connectivity index (χ0) is 51.6. The van der Waals surface area contributed by atoms with Crippen LogP contribution in [-0.4, -0.2) is 4.57 Å². The van der Waals surface area contributed by atoms with Gasteiger partial charge in [-0.2, -0.15) is 0 Å². The predicted molar refractivity (Wildman–Crippen MR) is 243 cm³/mol. The van der Waals surface area contributed by atoms with Crippen LogP contribution in [0.4, 0.5) is 17.1 Å². The second-order valence-electron chi connectivity index (χ2n) is 15.0. The van der Waals surface area contributed by atoms with Crippen molar-refractivity contribution in [1.82, 2.24) is 4.57 Å². The molecule has 9 aromatic carbocycles. The fourth-order valence-electron chi connectivity index (χ4n) is 8.81. The van der Waals surface area contributed by atoms with Crippen molar-refractivity contribution in [1.29, 1.82) is 0 Å². The molecule has 0 aliphatic heterocycles. The highest BCUT2D eigenvalue weighted by Gasteiger charge is 2.36.